The fraction of sp³-hybridized carbons (Fsp3) is 0.933. The van der Waals surface area contributed by atoms with Crippen molar-refractivity contribution in [2.24, 2.45) is 56.2 Å². The van der Waals surface area contributed by atoms with Crippen LogP contribution in [0, 0.1) is 56.2 Å². The number of hydrogen-bond donors (Lipinski definition) is 1. The number of aliphatic hydroxyl groups excluding tert-OH is 1. The zero-order valence-corrected chi connectivity index (χ0v) is 22.3. The van der Waals surface area contributed by atoms with Gasteiger partial charge in [-0.1, -0.05) is 48.5 Å². The van der Waals surface area contributed by atoms with E-state index in [9.17, 15) is 14.7 Å². The van der Waals surface area contributed by atoms with Crippen molar-refractivity contribution < 1.29 is 14.7 Å². The van der Waals surface area contributed by atoms with Crippen LogP contribution in [0.3, 0.4) is 0 Å². The van der Waals surface area contributed by atoms with Crippen molar-refractivity contribution in [2.75, 3.05) is 0 Å². The second-order valence-electron chi connectivity index (χ2n) is 15.3. The Bertz CT molecular complexity index is 859. The summed E-state index contributed by atoms with van der Waals surface area (Å²) in [5, 5.41) is 10.9. The van der Waals surface area contributed by atoms with E-state index in [-0.39, 0.29) is 50.4 Å². The third kappa shape index (κ3) is 2.90. The van der Waals surface area contributed by atoms with Crippen LogP contribution in [0.2, 0.25) is 0 Å². The average Bonchev–Trinajstić information content (AvgIpc) is 2.72. The molecule has 3 heteroatoms. The van der Waals surface area contributed by atoms with Gasteiger partial charge in [0.1, 0.15) is 12.1 Å². The summed E-state index contributed by atoms with van der Waals surface area (Å²) >= 11 is 0. The quantitative estimate of drug-likeness (QED) is 0.452. The SMILES string of the molecule is CC1(C)CC[C@]2(C=O)CC[C@]3(C)[C@H](C(=O)C[C@@H]4[C@@]5(C)CC[C@H](O)C(C)(C)[C@@H]5CC[C@]43C)[C@@H]2C1. The lowest BCUT2D eigenvalue weighted by atomic mass is 9.31. The van der Waals surface area contributed by atoms with E-state index < -0.39 is 0 Å². The van der Waals surface area contributed by atoms with Crippen molar-refractivity contribution in [3.63, 3.8) is 0 Å². The van der Waals surface area contributed by atoms with E-state index >= 15 is 0 Å². The number of ketones is 1. The Balaban J connectivity index is 1.58. The van der Waals surface area contributed by atoms with Crippen LogP contribution in [-0.2, 0) is 9.59 Å². The standard InChI is InChI=1S/C30H48O3/c1-25(2)12-14-30(18-31)15-13-29(7)24(19(30)17-25)20(32)16-22-27(5)10-9-23(33)26(3,4)21(27)8-11-28(22,29)6/h18-19,21-24,33H,8-17H2,1-7H3/t19-,21-,22+,23-,24-,27-,28+,29+,30+/m0/s1. The topological polar surface area (TPSA) is 54.4 Å². The maximum absolute atomic E-state index is 14.2. The van der Waals surface area contributed by atoms with E-state index in [1.54, 1.807) is 0 Å². The van der Waals surface area contributed by atoms with E-state index in [0.29, 0.717) is 24.0 Å². The summed E-state index contributed by atoms with van der Waals surface area (Å²) in [5.74, 6) is 1.53. The molecule has 0 aromatic rings. The summed E-state index contributed by atoms with van der Waals surface area (Å²) < 4.78 is 0. The van der Waals surface area contributed by atoms with Gasteiger partial charge < -0.3 is 9.90 Å². The minimum absolute atomic E-state index is 0.0274. The Morgan fingerprint density at radius 2 is 1.48 bits per heavy atom. The number of fused-ring (bicyclic) bond motifs is 7. The zero-order valence-electron chi connectivity index (χ0n) is 22.3. The summed E-state index contributed by atoms with van der Waals surface area (Å²) in [6.45, 7) is 16.7. The van der Waals surface area contributed by atoms with E-state index in [1.807, 2.05) is 0 Å². The predicted molar refractivity (Wildman–Crippen MR) is 132 cm³/mol. The number of hydrogen-bond acceptors (Lipinski definition) is 3. The summed E-state index contributed by atoms with van der Waals surface area (Å²) in [7, 11) is 0. The second kappa shape index (κ2) is 6.95. The van der Waals surface area contributed by atoms with Gasteiger partial charge in [-0.05, 0) is 103 Å². The summed E-state index contributed by atoms with van der Waals surface area (Å²) in [5.41, 5.74) is 0.0149. The third-order valence-electron chi connectivity index (χ3n) is 13.3. The lowest BCUT2D eigenvalue weighted by Crippen LogP contribution is -2.69. The van der Waals surface area contributed by atoms with Gasteiger partial charge in [0.15, 0.2) is 0 Å². The predicted octanol–water partition coefficient (Wildman–Crippen LogP) is 6.61. The van der Waals surface area contributed by atoms with Crippen LogP contribution in [0.4, 0.5) is 0 Å². The Morgan fingerprint density at radius 1 is 0.818 bits per heavy atom. The summed E-state index contributed by atoms with van der Waals surface area (Å²) in [6, 6.07) is 0. The van der Waals surface area contributed by atoms with Crippen LogP contribution in [0.25, 0.3) is 0 Å². The highest BCUT2D eigenvalue weighted by Gasteiger charge is 2.72. The van der Waals surface area contributed by atoms with E-state index in [0.717, 1.165) is 57.8 Å². The molecule has 5 rings (SSSR count). The molecular weight excluding hydrogens is 408 g/mol. The summed E-state index contributed by atoms with van der Waals surface area (Å²) in [4.78, 5) is 26.8. The molecule has 5 saturated carbocycles. The molecule has 0 saturated heterocycles. The maximum Gasteiger partial charge on any atom is 0.137 e. The number of carbonyl (C=O) groups excluding carboxylic acids is 2. The van der Waals surface area contributed by atoms with Gasteiger partial charge in [0, 0.05) is 17.8 Å². The van der Waals surface area contributed by atoms with Gasteiger partial charge in [-0.2, -0.15) is 0 Å². The van der Waals surface area contributed by atoms with Crippen molar-refractivity contribution in [2.45, 2.75) is 119 Å². The molecule has 186 valence electrons. The lowest BCUT2D eigenvalue weighted by Gasteiger charge is -2.72. The fourth-order valence-corrected chi connectivity index (χ4v) is 10.9. The number of carbonyl (C=O) groups is 2. The van der Waals surface area contributed by atoms with Crippen LogP contribution in [0.5, 0.6) is 0 Å². The molecule has 0 aliphatic heterocycles. The highest BCUT2D eigenvalue weighted by atomic mass is 16.3. The molecule has 5 aliphatic carbocycles. The monoisotopic (exact) mass is 456 g/mol. The number of Topliss-reactive ketones (excluding diaryl/α,β-unsaturated/α-hetero) is 1. The van der Waals surface area contributed by atoms with Crippen LogP contribution in [0.15, 0.2) is 0 Å². The normalized spacial score (nSPS) is 54.9. The average molecular weight is 457 g/mol. The smallest absolute Gasteiger partial charge is 0.137 e. The van der Waals surface area contributed by atoms with Gasteiger partial charge in [0.25, 0.3) is 0 Å². The van der Waals surface area contributed by atoms with Crippen LogP contribution in [0.1, 0.15) is 113 Å². The lowest BCUT2D eigenvalue weighted by molar-refractivity contribution is -0.242. The largest absolute Gasteiger partial charge is 0.393 e. The molecule has 3 nitrogen and oxygen atoms in total. The van der Waals surface area contributed by atoms with Crippen LogP contribution >= 0.6 is 0 Å². The van der Waals surface area contributed by atoms with Crippen molar-refractivity contribution >= 4 is 12.1 Å². The van der Waals surface area contributed by atoms with Gasteiger partial charge in [0.2, 0.25) is 0 Å². The molecule has 33 heavy (non-hydrogen) atoms. The van der Waals surface area contributed by atoms with Crippen molar-refractivity contribution in [1.82, 2.24) is 0 Å². The van der Waals surface area contributed by atoms with Gasteiger partial charge >= 0.3 is 0 Å². The molecule has 5 aliphatic rings. The van der Waals surface area contributed by atoms with Gasteiger partial charge in [0.05, 0.1) is 6.10 Å². The molecular formula is C30H48O3. The molecule has 0 aromatic heterocycles. The van der Waals surface area contributed by atoms with Crippen LogP contribution < -0.4 is 0 Å². The molecule has 0 amide bonds. The third-order valence-corrected chi connectivity index (χ3v) is 13.3. The number of aliphatic hydroxyl groups is 1. The highest BCUT2D eigenvalue weighted by molar-refractivity contribution is 5.85. The first kappa shape index (κ1) is 24.0. The van der Waals surface area contributed by atoms with Gasteiger partial charge in [-0.25, -0.2) is 0 Å². The second-order valence-corrected chi connectivity index (χ2v) is 15.3. The van der Waals surface area contributed by atoms with E-state index in [2.05, 4.69) is 48.5 Å². The Hall–Kier alpha value is -0.700. The van der Waals surface area contributed by atoms with Gasteiger partial charge in [-0.3, -0.25) is 4.79 Å². The molecule has 0 aromatic carbocycles. The molecule has 0 bridgehead atoms. The number of aldehydes is 1. The molecule has 9 atom stereocenters. The van der Waals surface area contributed by atoms with Crippen molar-refractivity contribution in [1.29, 1.82) is 0 Å². The number of rotatable bonds is 1. The Kier molecular flexibility index (Phi) is 5.06. The molecule has 0 radical (unpaired) electrons. The molecule has 1 N–H and O–H groups in total. The first-order valence-electron chi connectivity index (χ1n) is 13.8. The fourth-order valence-electron chi connectivity index (χ4n) is 10.9. The summed E-state index contributed by atoms with van der Waals surface area (Å²) in [6.07, 6.45) is 10.9. The molecule has 0 spiro atoms. The Labute approximate surface area is 201 Å². The van der Waals surface area contributed by atoms with E-state index in [4.69, 9.17) is 0 Å². The highest BCUT2D eigenvalue weighted by Crippen LogP contribution is 2.76. The first-order valence-corrected chi connectivity index (χ1v) is 13.8. The Morgan fingerprint density at radius 3 is 2.15 bits per heavy atom. The van der Waals surface area contributed by atoms with Crippen molar-refractivity contribution in [3.05, 3.63) is 0 Å². The molecule has 0 heterocycles. The van der Waals surface area contributed by atoms with E-state index in [1.165, 1.54) is 6.29 Å². The zero-order chi connectivity index (χ0) is 24.2. The first-order chi connectivity index (χ1) is 15.2. The van der Waals surface area contributed by atoms with Crippen LogP contribution in [-0.4, -0.2) is 23.3 Å². The van der Waals surface area contributed by atoms with Crippen molar-refractivity contribution in [3.8, 4) is 0 Å². The minimum Gasteiger partial charge on any atom is -0.393 e. The molecule has 0 unspecified atom stereocenters. The minimum atomic E-state index is -0.281. The maximum atomic E-state index is 14.2. The molecule has 5 fully saturated rings. The van der Waals surface area contributed by atoms with Gasteiger partial charge in [-0.15, -0.1) is 0 Å².